The Morgan fingerprint density at radius 3 is 2.50 bits per heavy atom. The van der Waals surface area contributed by atoms with E-state index in [0.29, 0.717) is 43.7 Å². The van der Waals surface area contributed by atoms with E-state index in [1.54, 1.807) is 41.3 Å². The van der Waals surface area contributed by atoms with Crippen molar-refractivity contribution in [1.29, 1.82) is 0 Å². The van der Waals surface area contributed by atoms with E-state index in [4.69, 9.17) is 9.47 Å². The molecule has 5 rings (SSSR count). The maximum Gasteiger partial charge on any atom is 0.249 e. The van der Waals surface area contributed by atoms with E-state index < -0.39 is 30.3 Å². The van der Waals surface area contributed by atoms with E-state index in [-0.39, 0.29) is 42.0 Å². The van der Waals surface area contributed by atoms with Gasteiger partial charge in [0.05, 0.1) is 13.2 Å². The first-order chi connectivity index (χ1) is 21.0. The van der Waals surface area contributed by atoms with Gasteiger partial charge in [0.15, 0.2) is 0 Å². The highest BCUT2D eigenvalue weighted by Crippen LogP contribution is 2.33. The summed E-state index contributed by atoms with van der Waals surface area (Å²) < 4.78 is 12.0. The normalized spacial score (nSPS) is 24.5. The molecule has 4 aliphatic heterocycles. The van der Waals surface area contributed by atoms with Crippen molar-refractivity contribution in [3.63, 3.8) is 0 Å². The first-order valence-electron chi connectivity index (χ1n) is 15.9. The zero-order chi connectivity index (χ0) is 32.1. The number of nitrogens with one attached hydrogen (secondary N) is 2. The Hall–Kier alpha value is -3.60. The minimum atomic E-state index is -0.956. The summed E-state index contributed by atoms with van der Waals surface area (Å²) in [6.45, 7) is 8.70. The van der Waals surface area contributed by atoms with Crippen LogP contribution < -0.4 is 20.1 Å². The van der Waals surface area contributed by atoms with Crippen LogP contribution in [0.15, 0.2) is 24.4 Å². The number of ether oxygens (including phenoxy) is 2. The van der Waals surface area contributed by atoms with E-state index in [0.717, 1.165) is 12.0 Å². The molecule has 44 heavy (non-hydrogen) atoms. The minimum Gasteiger partial charge on any atom is -0.496 e. The molecule has 2 fully saturated rings. The van der Waals surface area contributed by atoms with Crippen molar-refractivity contribution in [3.8, 4) is 11.5 Å². The van der Waals surface area contributed by atoms with Gasteiger partial charge >= 0.3 is 0 Å². The summed E-state index contributed by atoms with van der Waals surface area (Å²) in [5, 5.41) is 5.90. The molecule has 242 valence electrons. The van der Waals surface area contributed by atoms with Gasteiger partial charge in [-0.15, -0.1) is 0 Å². The predicted molar refractivity (Wildman–Crippen MR) is 168 cm³/mol. The van der Waals surface area contributed by atoms with E-state index >= 15 is 0 Å². The van der Waals surface area contributed by atoms with Crippen molar-refractivity contribution in [2.75, 3.05) is 34.3 Å². The number of amides is 4. The maximum atomic E-state index is 14.4. The van der Waals surface area contributed by atoms with Gasteiger partial charge in [0.25, 0.3) is 0 Å². The zero-order valence-corrected chi connectivity index (χ0v) is 27.2. The lowest BCUT2D eigenvalue weighted by atomic mass is 9.94. The Labute approximate surface area is 261 Å². The number of carbonyl (C=O) groups excluding carboxylic acids is 4. The molecule has 2 N–H and O–H groups in total. The van der Waals surface area contributed by atoms with Crippen molar-refractivity contribution in [2.24, 2.45) is 11.8 Å². The van der Waals surface area contributed by atoms with E-state index in [1.807, 2.05) is 52.8 Å². The molecule has 2 saturated heterocycles. The largest absolute Gasteiger partial charge is 0.496 e. The summed E-state index contributed by atoms with van der Waals surface area (Å²) in [4.78, 5) is 60.7. The third kappa shape index (κ3) is 6.87. The number of carbonyl (C=O) groups is 4. The van der Waals surface area contributed by atoms with Crippen molar-refractivity contribution in [3.05, 3.63) is 30.0 Å². The molecule has 0 saturated carbocycles. The predicted octanol–water partition coefficient (Wildman–Crippen LogP) is 2.64. The van der Waals surface area contributed by atoms with Gasteiger partial charge in [-0.3, -0.25) is 24.1 Å². The van der Waals surface area contributed by atoms with Crippen LogP contribution in [0.25, 0.3) is 6.08 Å². The molecule has 11 nitrogen and oxygen atoms in total. The van der Waals surface area contributed by atoms with Crippen molar-refractivity contribution < 1.29 is 28.7 Å². The number of rotatable bonds is 9. The number of benzene rings is 1. The van der Waals surface area contributed by atoms with Crippen LogP contribution in [0.4, 0.5) is 0 Å². The summed E-state index contributed by atoms with van der Waals surface area (Å²) >= 11 is 0. The molecule has 0 aliphatic carbocycles. The molecular formula is C33H49N5O6. The number of fused-ring (bicyclic) bond motifs is 4. The fourth-order valence-corrected chi connectivity index (χ4v) is 6.61. The number of hydrogen-bond acceptors (Lipinski definition) is 7. The monoisotopic (exact) mass is 611 g/mol. The molecule has 4 aliphatic rings. The van der Waals surface area contributed by atoms with Crippen molar-refractivity contribution in [2.45, 2.75) is 90.1 Å². The van der Waals surface area contributed by atoms with Crippen LogP contribution in [-0.2, 0) is 19.2 Å². The van der Waals surface area contributed by atoms with Gasteiger partial charge in [0.1, 0.15) is 35.7 Å². The summed E-state index contributed by atoms with van der Waals surface area (Å²) in [5.41, 5.74) is 0.761. The van der Waals surface area contributed by atoms with Gasteiger partial charge in [0, 0.05) is 37.3 Å². The zero-order valence-electron chi connectivity index (χ0n) is 27.2. The average Bonchev–Trinajstić information content (AvgIpc) is 3.66. The van der Waals surface area contributed by atoms with Gasteiger partial charge in [-0.25, -0.2) is 0 Å². The second kappa shape index (κ2) is 14.5. The summed E-state index contributed by atoms with van der Waals surface area (Å²) in [6, 6.07) is 2.53. The number of likely N-dealkylation sites (tertiary alicyclic amines) is 1. The maximum absolute atomic E-state index is 14.4. The SMILES string of the molecule is CC[C@H](C)[C@H](NC(=O)[C@H]([C@@H](C)CC)N(C)C)C(=O)N1CC[C@H]2Oc3ccc(c(OC)c3)C=CNC(=O)[C@H]3CCCN3C(=O)[C@H]21. The van der Waals surface area contributed by atoms with Gasteiger partial charge in [-0.05, 0) is 57.0 Å². The molecule has 11 heteroatoms. The lowest BCUT2D eigenvalue weighted by molar-refractivity contribution is -0.150. The van der Waals surface area contributed by atoms with Gasteiger partial charge in [0.2, 0.25) is 23.6 Å². The Morgan fingerprint density at radius 1 is 1.11 bits per heavy atom. The lowest BCUT2D eigenvalue weighted by Gasteiger charge is -2.37. The number of likely N-dealkylation sites (N-methyl/N-ethyl adjacent to an activating group) is 1. The van der Waals surface area contributed by atoms with Gasteiger partial charge in [-0.2, -0.15) is 0 Å². The topological polar surface area (TPSA) is 121 Å². The number of methoxy groups -OCH3 is 1. The third-order valence-electron chi connectivity index (χ3n) is 9.48. The minimum absolute atomic E-state index is 0.0832. The lowest BCUT2D eigenvalue weighted by Crippen LogP contribution is -2.61. The third-order valence-corrected chi connectivity index (χ3v) is 9.48. The Morgan fingerprint density at radius 2 is 1.84 bits per heavy atom. The summed E-state index contributed by atoms with van der Waals surface area (Å²) in [5.74, 6) is -0.129. The van der Waals surface area contributed by atoms with Crippen LogP contribution in [0.3, 0.4) is 0 Å². The molecule has 2 bridgehead atoms. The van der Waals surface area contributed by atoms with Crippen LogP contribution in [-0.4, -0.2) is 103 Å². The molecule has 0 radical (unpaired) electrons. The molecule has 4 heterocycles. The molecule has 0 spiro atoms. The second-order valence-electron chi connectivity index (χ2n) is 12.5. The van der Waals surface area contributed by atoms with E-state index in [9.17, 15) is 19.2 Å². The summed E-state index contributed by atoms with van der Waals surface area (Å²) in [6.07, 6.45) is 5.76. The number of hydrogen-bond donors (Lipinski definition) is 2. The van der Waals surface area contributed by atoms with E-state index in [2.05, 4.69) is 10.6 Å². The summed E-state index contributed by atoms with van der Waals surface area (Å²) in [7, 11) is 5.29. The van der Waals surface area contributed by atoms with Crippen LogP contribution >= 0.6 is 0 Å². The van der Waals surface area contributed by atoms with Gasteiger partial charge < -0.3 is 29.9 Å². The molecule has 0 aromatic heterocycles. The van der Waals surface area contributed by atoms with Crippen LogP contribution in [0.2, 0.25) is 0 Å². The number of nitrogens with zero attached hydrogens (tertiary/aromatic N) is 3. The fourth-order valence-electron chi connectivity index (χ4n) is 6.61. The Kier molecular flexibility index (Phi) is 10.9. The molecule has 0 unspecified atom stereocenters. The molecular weight excluding hydrogens is 562 g/mol. The van der Waals surface area contributed by atoms with E-state index in [1.165, 1.54) is 0 Å². The highest BCUT2D eigenvalue weighted by Gasteiger charge is 2.50. The molecule has 4 amide bonds. The van der Waals surface area contributed by atoms with Crippen LogP contribution in [0.1, 0.15) is 65.4 Å². The van der Waals surface area contributed by atoms with Crippen molar-refractivity contribution in [1.82, 2.24) is 25.3 Å². The standard InChI is InChI=1S/C33H49N5O6/c1-8-20(3)27(35-31(40)28(36(5)6)21(4)9-2)32(41)38-18-15-25-29(38)33(42)37-17-10-11-24(37)30(39)34-16-14-22-12-13-23(44-25)19-26(22)43-7/h12-14,16,19-21,24-25,27-29H,8-11,15,17-18H2,1-7H3,(H,34,39)(H,35,40)/t20-,21-,24+,25+,27-,28-,29-/m0/s1. The first kappa shape index (κ1) is 33.3. The molecule has 7 atom stereocenters. The smallest absolute Gasteiger partial charge is 0.249 e. The first-order valence-corrected chi connectivity index (χ1v) is 15.9. The Balaban J connectivity index is 1.71. The average molecular weight is 612 g/mol. The molecule has 1 aromatic carbocycles. The Bertz CT molecular complexity index is 1250. The second-order valence-corrected chi connectivity index (χ2v) is 12.5. The highest BCUT2D eigenvalue weighted by molar-refractivity contribution is 5.96. The highest BCUT2D eigenvalue weighted by atomic mass is 16.5. The van der Waals surface area contributed by atoms with Crippen LogP contribution in [0, 0.1) is 11.8 Å². The fraction of sp³-hybridized carbons (Fsp3) is 0.636. The van der Waals surface area contributed by atoms with Crippen LogP contribution in [0.5, 0.6) is 11.5 Å². The quantitative estimate of drug-likeness (QED) is 0.441. The van der Waals surface area contributed by atoms with Gasteiger partial charge in [-0.1, -0.05) is 40.5 Å². The molecule has 1 aromatic rings. The van der Waals surface area contributed by atoms with Crippen molar-refractivity contribution >= 4 is 29.7 Å².